The van der Waals surface area contributed by atoms with Crippen molar-refractivity contribution in [1.29, 1.82) is 0 Å². The fraction of sp³-hybridized carbons (Fsp3) is 0.588. The molecular formula is C17H25NO2. The van der Waals surface area contributed by atoms with E-state index in [-0.39, 0.29) is 6.10 Å². The van der Waals surface area contributed by atoms with E-state index in [2.05, 4.69) is 17.4 Å². The lowest BCUT2D eigenvalue weighted by molar-refractivity contribution is -0.109. The van der Waals surface area contributed by atoms with Crippen LogP contribution in [0.5, 0.6) is 0 Å². The van der Waals surface area contributed by atoms with Crippen molar-refractivity contribution in [3.8, 4) is 0 Å². The van der Waals surface area contributed by atoms with Gasteiger partial charge in [-0.05, 0) is 55.9 Å². The molecule has 0 aliphatic heterocycles. The molecule has 3 heteroatoms. The Morgan fingerprint density at radius 1 is 1.20 bits per heavy atom. The van der Waals surface area contributed by atoms with Crippen LogP contribution in [-0.2, 0) is 11.2 Å². The second-order valence-electron chi connectivity index (χ2n) is 5.90. The summed E-state index contributed by atoms with van der Waals surface area (Å²) in [6, 6.07) is 10.4. The van der Waals surface area contributed by atoms with Gasteiger partial charge in [0.1, 0.15) is 0 Å². The summed E-state index contributed by atoms with van der Waals surface area (Å²) in [7, 11) is 0. The molecule has 0 saturated heterocycles. The molecule has 0 spiro atoms. The predicted octanol–water partition coefficient (Wildman–Crippen LogP) is 2.53. The number of amides is 1. The summed E-state index contributed by atoms with van der Waals surface area (Å²) in [5, 5.41) is 13.1. The maximum absolute atomic E-state index is 10.3. The molecule has 1 aliphatic rings. The van der Waals surface area contributed by atoms with Gasteiger partial charge in [0.05, 0.1) is 6.10 Å². The van der Waals surface area contributed by atoms with Crippen LogP contribution in [0.1, 0.15) is 37.7 Å². The van der Waals surface area contributed by atoms with Gasteiger partial charge in [-0.15, -0.1) is 0 Å². The second-order valence-corrected chi connectivity index (χ2v) is 5.90. The first kappa shape index (κ1) is 15.0. The van der Waals surface area contributed by atoms with Crippen molar-refractivity contribution >= 4 is 6.41 Å². The predicted molar refractivity (Wildman–Crippen MR) is 80.3 cm³/mol. The number of benzene rings is 1. The highest BCUT2D eigenvalue weighted by atomic mass is 16.3. The zero-order valence-corrected chi connectivity index (χ0v) is 12.0. The maximum atomic E-state index is 10.3. The standard InChI is InChI=1S/C17H25NO2/c19-13-18-12-15-6-9-16(10-7-15)17(20)11-8-14-4-2-1-3-5-14/h1-5,13,15-17,20H,6-12H2,(H,18,19). The largest absolute Gasteiger partial charge is 0.393 e. The molecule has 0 bridgehead atoms. The van der Waals surface area contributed by atoms with Crippen LogP contribution in [0.2, 0.25) is 0 Å². The van der Waals surface area contributed by atoms with Crippen molar-refractivity contribution in [3.63, 3.8) is 0 Å². The van der Waals surface area contributed by atoms with Crippen LogP contribution in [0.3, 0.4) is 0 Å². The lowest BCUT2D eigenvalue weighted by Crippen LogP contribution is -2.30. The van der Waals surface area contributed by atoms with Crippen LogP contribution >= 0.6 is 0 Å². The normalized spacial score (nSPS) is 24.1. The molecule has 3 nitrogen and oxygen atoms in total. The van der Waals surface area contributed by atoms with Crippen LogP contribution in [0.25, 0.3) is 0 Å². The number of aliphatic hydroxyl groups is 1. The Labute approximate surface area is 121 Å². The van der Waals surface area contributed by atoms with Gasteiger partial charge in [-0.25, -0.2) is 0 Å². The van der Waals surface area contributed by atoms with Gasteiger partial charge in [0, 0.05) is 6.54 Å². The minimum Gasteiger partial charge on any atom is -0.393 e. The number of carbonyl (C=O) groups is 1. The Morgan fingerprint density at radius 3 is 2.55 bits per heavy atom. The zero-order chi connectivity index (χ0) is 14.2. The van der Waals surface area contributed by atoms with Gasteiger partial charge in [0.15, 0.2) is 0 Å². The van der Waals surface area contributed by atoms with E-state index in [9.17, 15) is 9.90 Å². The van der Waals surface area contributed by atoms with Crippen LogP contribution < -0.4 is 5.32 Å². The summed E-state index contributed by atoms with van der Waals surface area (Å²) in [6.45, 7) is 0.788. The van der Waals surface area contributed by atoms with E-state index in [0.717, 1.165) is 51.5 Å². The number of hydrogen-bond donors (Lipinski definition) is 2. The van der Waals surface area contributed by atoms with Crippen LogP contribution in [0.4, 0.5) is 0 Å². The Bertz CT molecular complexity index is 385. The summed E-state index contributed by atoms with van der Waals surface area (Å²) in [5.74, 6) is 1.03. The topological polar surface area (TPSA) is 49.3 Å². The first-order valence-corrected chi connectivity index (χ1v) is 7.68. The summed E-state index contributed by atoms with van der Waals surface area (Å²) < 4.78 is 0. The van der Waals surface area contributed by atoms with E-state index >= 15 is 0 Å². The van der Waals surface area contributed by atoms with Crippen molar-refractivity contribution in [2.75, 3.05) is 6.54 Å². The first-order valence-electron chi connectivity index (χ1n) is 7.68. The molecular weight excluding hydrogens is 250 g/mol. The third kappa shape index (κ3) is 4.64. The van der Waals surface area contributed by atoms with E-state index in [1.807, 2.05) is 18.2 Å². The third-order valence-electron chi connectivity index (χ3n) is 4.50. The average molecular weight is 275 g/mol. The summed E-state index contributed by atoms with van der Waals surface area (Å²) >= 11 is 0. The third-order valence-corrected chi connectivity index (χ3v) is 4.50. The molecule has 1 aliphatic carbocycles. The lowest BCUT2D eigenvalue weighted by Gasteiger charge is -2.31. The number of aliphatic hydroxyl groups excluding tert-OH is 1. The average Bonchev–Trinajstić information content (AvgIpc) is 2.52. The van der Waals surface area contributed by atoms with Crippen molar-refractivity contribution in [1.82, 2.24) is 5.32 Å². The van der Waals surface area contributed by atoms with Crippen molar-refractivity contribution in [3.05, 3.63) is 35.9 Å². The number of carbonyl (C=O) groups excluding carboxylic acids is 1. The van der Waals surface area contributed by atoms with Gasteiger partial charge < -0.3 is 10.4 Å². The van der Waals surface area contributed by atoms with Gasteiger partial charge in [-0.3, -0.25) is 4.79 Å². The molecule has 110 valence electrons. The van der Waals surface area contributed by atoms with Crippen molar-refractivity contribution in [2.24, 2.45) is 11.8 Å². The van der Waals surface area contributed by atoms with Gasteiger partial charge in [0.2, 0.25) is 6.41 Å². The molecule has 1 unspecified atom stereocenters. The van der Waals surface area contributed by atoms with E-state index in [1.165, 1.54) is 5.56 Å². The second kappa shape index (κ2) is 8.05. The molecule has 20 heavy (non-hydrogen) atoms. The fourth-order valence-corrected chi connectivity index (χ4v) is 3.19. The first-order chi connectivity index (χ1) is 9.79. The van der Waals surface area contributed by atoms with Gasteiger partial charge in [0.25, 0.3) is 0 Å². The fourth-order valence-electron chi connectivity index (χ4n) is 3.19. The lowest BCUT2D eigenvalue weighted by atomic mass is 9.78. The van der Waals surface area contributed by atoms with Crippen LogP contribution in [0.15, 0.2) is 30.3 Å². The zero-order valence-electron chi connectivity index (χ0n) is 12.0. The van der Waals surface area contributed by atoms with E-state index in [4.69, 9.17) is 0 Å². The molecule has 1 fully saturated rings. The SMILES string of the molecule is O=CNCC1CCC(C(O)CCc2ccccc2)CC1. The number of rotatable bonds is 7. The molecule has 0 radical (unpaired) electrons. The summed E-state index contributed by atoms with van der Waals surface area (Å²) in [4.78, 5) is 10.3. The molecule has 1 saturated carbocycles. The van der Waals surface area contributed by atoms with E-state index in [0.29, 0.717) is 11.8 Å². The van der Waals surface area contributed by atoms with E-state index < -0.39 is 0 Å². The molecule has 1 amide bonds. The smallest absolute Gasteiger partial charge is 0.207 e. The minimum absolute atomic E-state index is 0.185. The summed E-state index contributed by atoms with van der Waals surface area (Å²) in [5.41, 5.74) is 1.30. The Morgan fingerprint density at radius 2 is 1.90 bits per heavy atom. The highest BCUT2D eigenvalue weighted by Crippen LogP contribution is 2.31. The quantitative estimate of drug-likeness (QED) is 0.751. The number of nitrogens with one attached hydrogen (secondary N) is 1. The molecule has 1 aromatic rings. The number of hydrogen-bond acceptors (Lipinski definition) is 2. The summed E-state index contributed by atoms with van der Waals surface area (Å²) in [6.07, 6.45) is 6.81. The molecule has 2 rings (SSSR count). The van der Waals surface area contributed by atoms with Crippen molar-refractivity contribution in [2.45, 2.75) is 44.6 Å². The van der Waals surface area contributed by atoms with Crippen molar-refractivity contribution < 1.29 is 9.90 Å². The van der Waals surface area contributed by atoms with Gasteiger partial charge in [-0.2, -0.15) is 0 Å². The minimum atomic E-state index is -0.185. The highest BCUT2D eigenvalue weighted by molar-refractivity contribution is 5.45. The number of aryl methyl sites for hydroxylation is 1. The van der Waals surface area contributed by atoms with Gasteiger partial charge in [-0.1, -0.05) is 30.3 Å². The molecule has 1 atom stereocenters. The maximum Gasteiger partial charge on any atom is 0.207 e. The molecule has 0 heterocycles. The van der Waals surface area contributed by atoms with Crippen LogP contribution in [0, 0.1) is 11.8 Å². The van der Waals surface area contributed by atoms with Gasteiger partial charge >= 0.3 is 0 Å². The Kier molecular flexibility index (Phi) is 6.06. The molecule has 0 aromatic heterocycles. The molecule has 2 N–H and O–H groups in total. The highest BCUT2D eigenvalue weighted by Gasteiger charge is 2.25. The monoisotopic (exact) mass is 275 g/mol. The van der Waals surface area contributed by atoms with E-state index in [1.54, 1.807) is 0 Å². The van der Waals surface area contributed by atoms with Crippen LogP contribution in [-0.4, -0.2) is 24.2 Å². The Balaban J connectivity index is 1.69. The molecule has 1 aromatic carbocycles. The Hall–Kier alpha value is -1.35.